The molecule has 0 aromatic rings. The number of carboxylic acid groups (broad SMARTS) is 1. The Morgan fingerprint density at radius 1 is 0.913 bits per heavy atom. The van der Waals surface area contributed by atoms with Gasteiger partial charge < -0.3 is 9.90 Å². The molecule has 0 spiro atoms. The molecule has 0 saturated carbocycles. The van der Waals surface area contributed by atoms with Gasteiger partial charge in [0.2, 0.25) is 0 Å². The van der Waals surface area contributed by atoms with Gasteiger partial charge in [-0.15, -0.1) is 0 Å². The predicted molar refractivity (Wildman–Crippen MR) is 92.6 cm³/mol. The summed E-state index contributed by atoms with van der Waals surface area (Å²) in [5, 5.41) is 11.1. The fourth-order valence-electron chi connectivity index (χ4n) is 2.28. The third kappa shape index (κ3) is 15.2. The molecule has 1 atom stereocenters. The van der Waals surface area contributed by atoms with E-state index in [1.54, 1.807) is 6.92 Å². The number of aliphatic carboxylic acids is 1. The van der Waals surface area contributed by atoms with E-state index in [2.05, 4.69) is 38.2 Å². The Kier molecular flexibility index (Phi) is 20.0. The number of carbonyl (C=O) groups excluding carboxylic acids is 1. The molecule has 0 aliphatic carbocycles. The zero-order chi connectivity index (χ0) is 16.6. The van der Waals surface area contributed by atoms with Gasteiger partial charge in [0, 0.05) is 6.04 Å². The van der Waals surface area contributed by atoms with Crippen molar-refractivity contribution in [3.63, 3.8) is 0 Å². The van der Waals surface area contributed by atoms with E-state index in [-0.39, 0.29) is 29.6 Å². The fraction of sp³-hybridized carbons (Fsp3) is 0.737. The molecule has 4 heteroatoms. The molecule has 0 radical (unpaired) electrons. The van der Waals surface area contributed by atoms with Crippen molar-refractivity contribution >= 4 is 5.97 Å². The third-order valence-corrected chi connectivity index (χ3v) is 3.77. The molecule has 0 saturated heterocycles. The van der Waals surface area contributed by atoms with Gasteiger partial charge in [-0.2, -0.15) is 0 Å². The average molecular weight is 331 g/mol. The minimum Gasteiger partial charge on any atom is -0.548 e. The summed E-state index contributed by atoms with van der Waals surface area (Å²) in [7, 11) is 0. The van der Waals surface area contributed by atoms with Crippen LogP contribution >= 0.6 is 0 Å². The van der Waals surface area contributed by atoms with E-state index in [0.717, 1.165) is 51.6 Å². The minimum atomic E-state index is -0.969. The number of allylic oxidation sites excluding steroid dienone is 4. The molecule has 0 bridgehead atoms. The second kappa shape index (κ2) is 18.3. The molecule has 0 aliphatic rings. The number of carboxylic acids is 1. The summed E-state index contributed by atoms with van der Waals surface area (Å²) in [5.74, 6) is -0.969. The van der Waals surface area contributed by atoms with Crippen molar-refractivity contribution < 1.29 is 39.5 Å². The average Bonchev–Trinajstić information content (AvgIpc) is 2.51. The summed E-state index contributed by atoms with van der Waals surface area (Å²) >= 11 is 0. The first kappa shape index (κ1) is 25.2. The quantitative estimate of drug-likeness (QED) is 0.267. The van der Waals surface area contributed by atoms with Gasteiger partial charge in [0.25, 0.3) is 0 Å². The van der Waals surface area contributed by atoms with Gasteiger partial charge in [0.15, 0.2) is 0 Å². The molecule has 0 N–H and O–H groups in total. The number of carbonyl (C=O) groups is 1. The normalized spacial score (nSPS) is 12.9. The summed E-state index contributed by atoms with van der Waals surface area (Å²) in [6.07, 6.45) is 17.5. The van der Waals surface area contributed by atoms with Crippen molar-refractivity contribution in [3.8, 4) is 0 Å². The number of hydrogen-bond acceptors (Lipinski definition) is 3. The molecule has 1 unspecified atom stereocenters. The first-order valence-corrected chi connectivity index (χ1v) is 8.88. The van der Waals surface area contributed by atoms with E-state index >= 15 is 0 Å². The maximum Gasteiger partial charge on any atom is 1.00 e. The topological polar surface area (TPSA) is 43.4 Å². The van der Waals surface area contributed by atoms with Crippen molar-refractivity contribution in [3.05, 3.63) is 24.3 Å². The summed E-state index contributed by atoms with van der Waals surface area (Å²) in [5.41, 5.74) is 0. The fourth-order valence-corrected chi connectivity index (χ4v) is 2.28. The van der Waals surface area contributed by atoms with Gasteiger partial charge >= 0.3 is 29.6 Å². The summed E-state index contributed by atoms with van der Waals surface area (Å²) in [6.45, 7) is 7.72. The first-order valence-electron chi connectivity index (χ1n) is 8.88. The Morgan fingerprint density at radius 3 is 1.65 bits per heavy atom. The number of unbranched alkanes of at least 4 members (excludes halogenated alkanes) is 4. The van der Waals surface area contributed by atoms with Crippen LogP contribution in [-0.4, -0.2) is 30.0 Å². The van der Waals surface area contributed by atoms with Crippen LogP contribution in [0.15, 0.2) is 24.3 Å². The minimum absolute atomic E-state index is 0. The molecule has 0 rings (SSSR count). The van der Waals surface area contributed by atoms with Crippen LogP contribution in [0.1, 0.15) is 72.1 Å². The van der Waals surface area contributed by atoms with Gasteiger partial charge in [0.05, 0.1) is 5.97 Å². The van der Waals surface area contributed by atoms with Crippen LogP contribution in [0.4, 0.5) is 0 Å². The van der Waals surface area contributed by atoms with E-state index in [4.69, 9.17) is 0 Å². The Labute approximate surface area is 165 Å². The van der Waals surface area contributed by atoms with Gasteiger partial charge in [0.1, 0.15) is 0 Å². The standard InChI is InChI=1S/C19H35NO2.Na/c1-4-6-8-10-12-14-16-20(18(3)19(21)22)17-15-13-11-9-7-5-2;/h8-11,18H,4-7,12-17H2,1-3H3,(H,21,22);/q;+1/p-1/b10-8+,11-9+;. The molecule has 0 aliphatic heterocycles. The zero-order valence-electron chi connectivity index (χ0n) is 15.7. The van der Waals surface area contributed by atoms with Crippen molar-refractivity contribution in [1.82, 2.24) is 4.90 Å². The van der Waals surface area contributed by atoms with Crippen LogP contribution in [0, 0.1) is 0 Å². The van der Waals surface area contributed by atoms with Gasteiger partial charge in [-0.25, -0.2) is 0 Å². The van der Waals surface area contributed by atoms with Crippen molar-refractivity contribution in [2.45, 2.75) is 78.2 Å². The van der Waals surface area contributed by atoms with E-state index in [1.807, 2.05) is 4.90 Å². The molecule has 128 valence electrons. The van der Waals surface area contributed by atoms with E-state index in [0.29, 0.717) is 0 Å². The van der Waals surface area contributed by atoms with Gasteiger partial charge in [-0.3, -0.25) is 4.90 Å². The van der Waals surface area contributed by atoms with Gasteiger partial charge in [-0.05, 0) is 58.5 Å². The van der Waals surface area contributed by atoms with E-state index in [1.165, 1.54) is 12.8 Å². The van der Waals surface area contributed by atoms with Crippen molar-refractivity contribution in [2.24, 2.45) is 0 Å². The summed E-state index contributed by atoms with van der Waals surface area (Å²) in [6, 6.07) is -0.501. The van der Waals surface area contributed by atoms with Crippen LogP contribution in [0.5, 0.6) is 0 Å². The first-order chi connectivity index (χ1) is 10.6. The number of nitrogens with zero attached hydrogens (tertiary/aromatic N) is 1. The van der Waals surface area contributed by atoms with Crippen LogP contribution in [0.25, 0.3) is 0 Å². The molecule has 0 aromatic heterocycles. The molecule has 0 aromatic carbocycles. The third-order valence-electron chi connectivity index (χ3n) is 3.77. The van der Waals surface area contributed by atoms with Crippen LogP contribution in [-0.2, 0) is 4.79 Å². The van der Waals surface area contributed by atoms with Gasteiger partial charge in [-0.1, -0.05) is 51.0 Å². The monoisotopic (exact) mass is 331 g/mol. The SMILES string of the molecule is CCC/C=C/CCCN(CCC/C=C/CCC)C(C)C(=O)[O-].[Na+]. The smallest absolute Gasteiger partial charge is 0.548 e. The maximum absolute atomic E-state index is 11.1. The number of hydrogen-bond donors (Lipinski definition) is 0. The molecule has 0 fully saturated rings. The Hall–Kier alpha value is -0.0900. The van der Waals surface area contributed by atoms with E-state index < -0.39 is 12.0 Å². The molecule has 23 heavy (non-hydrogen) atoms. The molecule has 0 heterocycles. The molecular weight excluding hydrogens is 297 g/mol. The zero-order valence-corrected chi connectivity index (χ0v) is 17.7. The van der Waals surface area contributed by atoms with Crippen molar-refractivity contribution in [1.29, 1.82) is 0 Å². The van der Waals surface area contributed by atoms with Crippen LogP contribution in [0.2, 0.25) is 0 Å². The second-order valence-electron chi connectivity index (χ2n) is 5.84. The second-order valence-corrected chi connectivity index (χ2v) is 5.84. The molecule has 0 amide bonds. The predicted octanol–water partition coefficient (Wildman–Crippen LogP) is 0.704. The van der Waals surface area contributed by atoms with E-state index in [9.17, 15) is 9.90 Å². The largest absolute Gasteiger partial charge is 1.00 e. The van der Waals surface area contributed by atoms with Crippen molar-refractivity contribution in [2.75, 3.05) is 13.1 Å². The Bertz CT molecular complexity index is 307. The van der Waals surface area contributed by atoms with Crippen LogP contribution < -0.4 is 34.7 Å². The Balaban J connectivity index is 0. The summed E-state index contributed by atoms with van der Waals surface area (Å²) < 4.78 is 0. The Morgan fingerprint density at radius 2 is 1.30 bits per heavy atom. The molecular formula is C19H34NNaO2. The maximum atomic E-state index is 11.1. The van der Waals surface area contributed by atoms with Crippen LogP contribution in [0.3, 0.4) is 0 Å². The molecule has 3 nitrogen and oxygen atoms in total. The number of rotatable bonds is 14. The summed E-state index contributed by atoms with van der Waals surface area (Å²) in [4.78, 5) is 13.1.